The van der Waals surface area contributed by atoms with Gasteiger partial charge in [0.2, 0.25) is 0 Å². The summed E-state index contributed by atoms with van der Waals surface area (Å²) < 4.78 is 6.40. The first-order valence-electron chi connectivity index (χ1n) is 29.4. The number of allylic oxidation sites excluding steroid dienone is 3. The zero-order valence-corrected chi connectivity index (χ0v) is 50.8. The normalized spacial score (nSPS) is 13.8. The number of nitrogens with zero attached hydrogens (tertiary/aromatic N) is 3. The number of benzene rings is 8. The van der Waals surface area contributed by atoms with Crippen LogP contribution in [-0.2, 0) is 28.1 Å². The summed E-state index contributed by atoms with van der Waals surface area (Å²) in [6.07, 6.45) is 9.69. The topological polar surface area (TPSA) is 43.1 Å². The predicted octanol–water partition coefficient (Wildman–Crippen LogP) is 19.7. The molecule has 0 saturated heterocycles. The molecule has 5 nitrogen and oxygen atoms in total. The third-order valence-electron chi connectivity index (χ3n) is 16.8. The van der Waals surface area contributed by atoms with Crippen molar-refractivity contribution in [1.29, 1.82) is 0 Å². The largest absolute Gasteiger partial charge is 0.509 e. The maximum Gasteiger partial charge on any atom is 0.252 e. The van der Waals surface area contributed by atoms with E-state index in [9.17, 15) is 0 Å². The fourth-order valence-electron chi connectivity index (χ4n) is 12.2. The molecular formula is C76H80BN3O2. The molecule has 6 heteroatoms. The highest BCUT2D eigenvalue weighted by Gasteiger charge is 2.44. The van der Waals surface area contributed by atoms with Crippen molar-refractivity contribution < 1.29 is 9.52 Å². The highest BCUT2D eigenvalue weighted by Crippen LogP contribution is 2.48. The molecule has 8 aromatic carbocycles. The number of furan rings is 1. The maximum atomic E-state index is 8.27. The van der Waals surface area contributed by atoms with Crippen molar-refractivity contribution in [3.63, 3.8) is 0 Å². The SMILES string of the molecule is C=C(O)/C=C\C.Cc1cc2c3c(c1)N(c1ccc(C(C)(C)C)cc1)c1cc(N(c4ccc(C(C)(C)C)cc4)c4ccc(C(C)(C)C)cc4)ccc1B3c1cc(C(C)(C)C)ccc1N2c1ccc(-c2ccc3c4c(oc3c2)C=CCC4)cc1. The number of aryl methyl sites for hydroxylation is 2. The average Bonchev–Trinajstić information content (AvgIpc) is 2.53. The number of aliphatic hydroxyl groups excluding tert-OH is 1. The van der Waals surface area contributed by atoms with Crippen LogP contribution in [0.3, 0.4) is 0 Å². The van der Waals surface area contributed by atoms with Gasteiger partial charge in [0.25, 0.3) is 6.71 Å². The van der Waals surface area contributed by atoms with E-state index < -0.39 is 0 Å². The first-order valence-corrected chi connectivity index (χ1v) is 29.4. The predicted molar refractivity (Wildman–Crippen MR) is 354 cm³/mol. The molecule has 0 fully saturated rings. The Hall–Kier alpha value is -8.22. The molecule has 0 radical (unpaired) electrons. The Kier molecular flexibility index (Phi) is 14.2. The Labute approximate surface area is 489 Å². The average molecular weight is 1080 g/mol. The van der Waals surface area contributed by atoms with Gasteiger partial charge >= 0.3 is 0 Å². The lowest BCUT2D eigenvalue weighted by Crippen LogP contribution is -2.61. The van der Waals surface area contributed by atoms with Crippen molar-refractivity contribution in [3.8, 4) is 11.1 Å². The minimum atomic E-state index is -0.0592. The zero-order valence-electron chi connectivity index (χ0n) is 50.8. The Balaban J connectivity index is 0.00000112. The molecule has 0 unspecified atom stereocenters. The molecule has 2 aliphatic heterocycles. The highest BCUT2D eigenvalue weighted by atomic mass is 16.3. The second-order valence-electron chi connectivity index (χ2n) is 26.9. The summed E-state index contributed by atoms with van der Waals surface area (Å²) in [5.74, 6) is 1.11. The Morgan fingerprint density at radius 3 is 1.56 bits per heavy atom. The number of fused-ring (bicyclic) bond motifs is 7. The van der Waals surface area contributed by atoms with Crippen LogP contribution in [0, 0.1) is 6.92 Å². The van der Waals surface area contributed by atoms with Crippen molar-refractivity contribution in [2.75, 3.05) is 14.7 Å². The van der Waals surface area contributed by atoms with Crippen molar-refractivity contribution in [2.24, 2.45) is 0 Å². The Morgan fingerprint density at radius 1 is 0.537 bits per heavy atom. The molecule has 82 heavy (non-hydrogen) atoms. The molecule has 3 aliphatic rings. The summed E-state index contributed by atoms with van der Waals surface area (Å²) in [4.78, 5) is 7.55. The van der Waals surface area contributed by atoms with E-state index in [4.69, 9.17) is 9.52 Å². The van der Waals surface area contributed by atoms with Gasteiger partial charge in [-0.2, -0.15) is 0 Å². The van der Waals surface area contributed by atoms with Gasteiger partial charge in [-0.05, 0) is 201 Å². The third-order valence-corrected chi connectivity index (χ3v) is 16.8. The minimum absolute atomic E-state index is 0.0117. The molecule has 0 saturated carbocycles. The first kappa shape index (κ1) is 55.7. The van der Waals surface area contributed by atoms with Crippen LogP contribution in [0.15, 0.2) is 199 Å². The molecule has 0 atom stereocenters. The van der Waals surface area contributed by atoms with Gasteiger partial charge in [0.1, 0.15) is 17.1 Å². The standard InChI is InChI=1S/C71H72BN3O.C5H8O/c1-45-40-63-67-64(41-45)75(55-34-25-50(26-35-55)70(8,9)10)62-44-56(73(52-30-21-48(22-31-52)68(2,3)4)53-32-23-49(24-33-53)69(5,6)7)36-38-59(62)72(67)60-43-51(71(11,12)13)27-39-61(60)74(63)54-28-18-46(19-29-54)47-20-37-58-57-16-14-15-17-65(57)76-66(58)42-47;1-3-4-5(2)6/h15,17-44H,14,16H2,1-13H3;3-4,6H,2H2,1H3/b;4-3-. The van der Waals surface area contributed by atoms with Gasteiger partial charge in [0, 0.05) is 62.1 Å². The molecule has 0 bridgehead atoms. The summed E-state index contributed by atoms with van der Waals surface area (Å²) >= 11 is 0. The summed E-state index contributed by atoms with van der Waals surface area (Å²) in [6.45, 7) is 34.9. The lowest BCUT2D eigenvalue weighted by molar-refractivity contribution is 0.435. The van der Waals surface area contributed by atoms with Gasteiger partial charge in [-0.3, -0.25) is 0 Å². The van der Waals surface area contributed by atoms with Gasteiger partial charge < -0.3 is 24.2 Å². The molecule has 9 aromatic rings. The highest BCUT2D eigenvalue weighted by molar-refractivity contribution is 7.00. The van der Waals surface area contributed by atoms with Crippen molar-refractivity contribution in [1.82, 2.24) is 0 Å². The molecule has 0 amide bonds. The van der Waals surface area contributed by atoms with Crippen LogP contribution in [0.5, 0.6) is 0 Å². The summed E-state index contributed by atoms with van der Waals surface area (Å²) in [7, 11) is 0. The van der Waals surface area contributed by atoms with Gasteiger partial charge in [0.15, 0.2) is 0 Å². The van der Waals surface area contributed by atoms with Gasteiger partial charge in [-0.1, -0.05) is 181 Å². The van der Waals surface area contributed by atoms with Crippen molar-refractivity contribution >= 4 is 91.3 Å². The molecule has 0 spiro atoms. The Bertz CT molecular complexity index is 3890. The van der Waals surface area contributed by atoms with E-state index in [2.05, 4.69) is 287 Å². The second kappa shape index (κ2) is 21.0. The maximum absolute atomic E-state index is 8.27. The van der Waals surface area contributed by atoms with Crippen LogP contribution in [-0.4, -0.2) is 11.8 Å². The third kappa shape index (κ3) is 10.5. The fraction of sp³-hybridized carbons (Fsp3) is 0.263. The van der Waals surface area contributed by atoms with E-state index in [0.717, 1.165) is 58.2 Å². The zero-order chi connectivity index (χ0) is 58.2. The smallest absolute Gasteiger partial charge is 0.252 e. The van der Waals surface area contributed by atoms with E-state index in [1.807, 2.05) is 6.92 Å². The molecule has 12 rings (SSSR count). The number of hydrogen-bond donors (Lipinski definition) is 1. The van der Waals surface area contributed by atoms with Gasteiger partial charge in [-0.25, -0.2) is 0 Å². The fourth-order valence-corrected chi connectivity index (χ4v) is 12.2. The number of aliphatic hydroxyl groups is 1. The first-order chi connectivity index (χ1) is 38.9. The van der Waals surface area contributed by atoms with E-state index in [1.165, 1.54) is 89.5 Å². The summed E-state index contributed by atoms with van der Waals surface area (Å²) in [5.41, 5.74) is 25.5. The van der Waals surface area contributed by atoms with Crippen LogP contribution < -0.4 is 31.1 Å². The van der Waals surface area contributed by atoms with Crippen molar-refractivity contribution in [2.45, 2.75) is 131 Å². The summed E-state index contributed by atoms with van der Waals surface area (Å²) in [6, 6.07) is 63.2. The molecule has 1 N–H and O–H groups in total. The van der Waals surface area contributed by atoms with Crippen LogP contribution >= 0.6 is 0 Å². The van der Waals surface area contributed by atoms with Gasteiger partial charge in [-0.15, -0.1) is 0 Å². The minimum Gasteiger partial charge on any atom is -0.509 e. The number of anilines is 9. The molecule has 1 aliphatic carbocycles. The van der Waals surface area contributed by atoms with Crippen LogP contribution in [0.25, 0.3) is 28.2 Å². The second-order valence-corrected chi connectivity index (χ2v) is 26.9. The number of rotatable bonds is 7. The van der Waals surface area contributed by atoms with Crippen LogP contribution in [0.1, 0.15) is 136 Å². The van der Waals surface area contributed by atoms with E-state index in [0.29, 0.717) is 0 Å². The molecule has 1 aromatic heterocycles. The number of hydrogen-bond acceptors (Lipinski definition) is 5. The molecule has 414 valence electrons. The van der Waals surface area contributed by atoms with E-state index >= 15 is 0 Å². The van der Waals surface area contributed by atoms with Crippen molar-refractivity contribution in [3.05, 3.63) is 233 Å². The van der Waals surface area contributed by atoms with E-state index in [1.54, 1.807) is 6.08 Å². The van der Waals surface area contributed by atoms with E-state index in [-0.39, 0.29) is 34.1 Å². The summed E-state index contributed by atoms with van der Waals surface area (Å²) in [5, 5.41) is 9.50. The quantitative estimate of drug-likeness (QED) is 0.0979. The lowest BCUT2D eigenvalue weighted by Gasteiger charge is -2.45. The molecule has 3 heterocycles. The van der Waals surface area contributed by atoms with Crippen LogP contribution in [0.4, 0.5) is 51.2 Å². The Morgan fingerprint density at radius 2 is 1.04 bits per heavy atom. The lowest BCUT2D eigenvalue weighted by atomic mass is 9.33. The molecular weight excluding hydrogens is 998 g/mol. The van der Waals surface area contributed by atoms with Crippen LogP contribution in [0.2, 0.25) is 0 Å². The monoisotopic (exact) mass is 1080 g/mol. The van der Waals surface area contributed by atoms with Gasteiger partial charge in [0.05, 0.1) is 0 Å².